The second-order valence-electron chi connectivity index (χ2n) is 5.32. The van der Waals surface area contributed by atoms with Gasteiger partial charge in [0.15, 0.2) is 5.69 Å². The Morgan fingerprint density at radius 2 is 1.65 bits per heavy atom. The summed E-state index contributed by atoms with van der Waals surface area (Å²) in [6.45, 7) is 1.56. The average Bonchev–Trinajstić information content (AvgIpc) is 3.13. The third kappa shape index (κ3) is 2.23. The number of tetrazole rings is 1. The molecular weight excluding hydrogens is 288 g/mol. The fourth-order valence-corrected chi connectivity index (χ4v) is 2.70. The molecule has 5 heteroatoms. The lowest BCUT2D eigenvalue weighted by atomic mass is 10.1. The van der Waals surface area contributed by atoms with Gasteiger partial charge in [0.05, 0.1) is 0 Å². The highest BCUT2D eigenvalue weighted by atomic mass is 16.3. The van der Waals surface area contributed by atoms with Crippen molar-refractivity contribution in [1.29, 1.82) is 0 Å². The molecule has 5 nitrogen and oxygen atoms in total. The Bertz CT molecular complexity index is 1020. The SMILES string of the molecule is C/C([O-])=c1/c(-c2ccccc2)cn2n[n+](-c3ccccc3)nc12. The molecule has 0 amide bonds. The van der Waals surface area contributed by atoms with Gasteiger partial charge in [-0.05, 0) is 22.8 Å². The van der Waals surface area contributed by atoms with Gasteiger partial charge in [0.25, 0.3) is 5.65 Å². The number of aromatic nitrogens is 4. The predicted octanol–water partition coefficient (Wildman–Crippen LogP) is 0.880. The molecular formula is C18H14N4O. The summed E-state index contributed by atoms with van der Waals surface area (Å²) in [6.07, 6.45) is 1.86. The van der Waals surface area contributed by atoms with Crippen molar-refractivity contribution in [2.24, 2.45) is 0 Å². The molecule has 0 aliphatic heterocycles. The number of nitrogens with zero attached hydrogens (tertiary/aromatic N) is 4. The summed E-state index contributed by atoms with van der Waals surface area (Å²) in [5, 5.41) is 21.7. The van der Waals surface area contributed by atoms with Gasteiger partial charge in [0, 0.05) is 15.6 Å². The molecule has 0 saturated heterocycles. The molecule has 0 bridgehead atoms. The lowest BCUT2D eigenvalue weighted by molar-refractivity contribution is -0.716. The Morgan fingerprint density at radius 1 is 1.00 bits per heavy atom. The van der Waals surface area contributed by atoms with Crippen LogP contribution in [-0.4, -0.2) is 14.8 Å². The monoisotopic (exact) mass is 302 g/mol. The van der Waals surface area contributed by atoms with E-state index in [4.69, 9.17) is 0 Å². The van der Waals surface area contributed by atoms with Crippen LogP contribution in [0.3, 0.4) is 0 Å². The van der Waals surface area contributed by atoms with Gasteiger partial charge in [-0.3, -0.25) is 0 Å². The van der Waals surface area contributed by atoms with E-state index in [0.29, 0.717) is 10.9 Å². The van der Waals surface area contributed by atoms with E-state index in [2.05, 4.69) is 10.3 Å². The molecule has 0 saturated carbocycles. The minimum absolute atomic E-state index is 0.0218. The zero-order chi connectivity index (χ0) is 15.8. The molecule has 2 heterocycles. The first-order valence-corrected chi connectivity index (χ1v) is 7.34. The van der Waals surface area contributed by atoms with Gasteiger partial charge in [-0.2, -0.15) is 0 Å². The van der Waals surface area contributed by atoms with E-state index in [0.717, 1.165) is 16.8 Å². The highest BCUT2D eigenvalue weighted by Crippen LogP contribution is 2.16. The fraction of sp³-hybridized carbons (Fsp3) is 0.0556. The smallest absolute Gasteiger partial charge is 0.295 e. The Labute approximate surface area is 132 Å². The highest BCUT2D eigenvalue weighted by molar-refractivity contribution is 5.71. The van der Waals surface area contributed by atoms with E-state index in [1.54, 1.807) is 11.4 Å². The van der Waals surface area contributed by atoms with Crippen molar-refractivity contribution in [3.63, 3.8) is 0 Å². The van der Waals surface area contributed by atoms with Crippen LogP contribution in [0.25, 0.3) is 28.2 Å². The first-order valence-electron chi connectivity index (χ1n) is 7.34. The topological polar surface area (TPSA) is 57.1 Å². The van der Waals surface area contributed by atoms with Gasteiger partial charge >= 0.3 is 0 Å². The summed E-state index contributed by atoms with van der Waals surface area (Å²) >= 11 is 0. The zero-order valence-electron chi connectivity index (χ0n) is 12.5. The lowest BCUT2D eigenvalue weighted by Crippen LogP contribution is -2.36. The van der Waals surface area contributed by atoms with Crippen molar-refractivity contribution in [2.45, 2.75) is 6.92 Å². The molecule has 4 rings (SSSR count). The summed E-state index contributed by atoms with van der Waals surface area (Å²) in [7, 11) is 0. The summed E-state index contributed by atoms with van der Waals surface area (Å²) < 4.78 is 1.66. The first-order chi connectivity index (χ1) is 11.2. The van der Waals surface area contributed by atoms with Crippen molar-refractivity contribution in [1.82, 2.24) is 14.8 Å². The maximum absolute atomic E-state index is 12.2. The molecule has 0 N–H and O–H groups in total. The molecule has 2 aromatic carbocycles. The van der Waals surface area contributed by atoms with Crippen molar-refractivity contribution in [3.05, 3.63) is 72.1 Å². The fourth-order valence-electron chi connectivity index (χ4n) is 2.70. The van der Waals surface area contributed by atoms with Crippen molar-refractivity contribution >= 4 is 11.4 Å². The molecule has 0 aliphatic rings. The molecule has 0 unspecified atom stereocenters. The van der Waals surface area contributed by atoms with Crippen LogP contribution in [0.5, 0.6) is 0 Å². The molecule has 0 spiro atoms. The summed E-state index contributed by atoms with van der Waals surface area (Å²) in [5.41, 5.74) is 3.26. The third-order valence-electron chi connectivity index (χ3n) is 3.76. The number of hydrogen-bond acceptors (Lipinski definition) is 3. The standard InChI is InChI=1S/C18H14N4O/c1-13(23)17-16(14-8-4-2-5-9-14)12-21-18(17)19-22(20-21)15-10-6-3-7-11-15/h2-12H,1H3. The van der Waals surface area contributed by atoms with Crippen molar-refractivity contribution < 1.29 is 9.90 Å². The quantitative estimate of drug-likeness (QED) is 0.517. The minimum Gasteiger partial charge on any atom is -0.875 e. The molecule has 0 radical (unpaired) electrons. The van der Waals surface area contributed by atoms with E-state index in [1.165, 1.54) is 4.80 Å². The van der Waals surface area contributed by atoms with Gasteiger partial charge in [-0.25, -0.2) is 0 Å². The number of fused-ring (bicyclic) bond motifs is 1. The van der Waals surface area contributed by atoms with Crippen LogP contribution in [-0.2, 0) is 0 Å². The van der Waals surface area contributed by atoms with Crippen LogP contribution in [0.2, 0.25) is 0 Å². The maximum Gasteiger partial charge on any atom is 0.295 e. The second-order valence-corrected chi connectivity index (χ2v) is 5.32. The molecule has 0 aliphatic carbocycles. The van der Waals surface area contributed by atoms with Gasteiger partial charge < -0.3 is 5.11 Å². The van der Waals surface area contributed by atoms with Crippen molar-refractivity contribution in [3.8, 4) is 16.8 Å². The second kappa shape index (κ2) is 5.21. The maximum atomic E-state index is 12.2. The normalized spacial score (nSPS) is 12.6. The molecule has 4 aromatic rings. The number of hydrogen-bond donors (Lipinski definition) is 0. The molecule has 23 heavy (non-hydrogen) atoms. The summed E-state index contributed by atoms with van der Waals surface area (Å²) in [6, 6.07) is 19.4. The van der Waals surface area contributed by atoms with Gasteiger partial charge in [-0.1, -0.05) is 60.0 Å². The van der Waals surface area contributed by atoms with Crippen LogP contribution in [0, 0.1) is 0 Å². The van der Waals surface area contributed by atoms with Crippen LogP contribution < -0.4 is 15.1 Å². The van der Waals surface area contributed by atoms with E-state index >= 15 is 0 Å². The number of benzene rings is 2. The van der Waals surface area contributed by atoms with Gasteiger partial charge in [-0.15, -0.1) is 5.76 Å². The Hall–Kier alpha value is -3.21. The molecule has 2 aromatic heterocycles. The Balaban J connectivity index is 1.98. The average molecular weight is 302 g/mol. The highest BCUT2D eigenvalue weighted by Gasteiger charge is 2.19. The van der Waals surface area contributed by atoms with Crippen LogP contribution in [0.4, 0.5) is 0 Å². The van der Waals surface area contributed by atoms with E-state index < -0.39 is 0 Å². The number of para-hydroxylation sites is 1. The molecule has 0 atom stereocenters. The molecule has 112 valence electrons. The van der Waals surface area contributed by atoms with E-state index in [9.17, 15) is 5.11 Å². The lowest BCUT2D eigenvalue weighted by Gasteiger charge is -2.03. The summed E-state index contributed by atoms with van der Waals surface area (Å²) in [5.74, 6) is -0.0218. The predicted molar refractivity (Wildman–Crippen MR) is 84.3 cm³/mol. The van der Waals surface area contributed by atoms with Crippen LogP contribution in [0.15, 0.2) is 66.9 Å². The minimum atomic E-state index is -0.0218. The number of rotatable bonds is 2. The third-order valence-corrected chi connectivity index (χ3v) is 3.76. The van der Waals surface area contributed by atoms with Gasteiger partial charge in [0.1, 0.15) is 11.4 Å². The van der Waals surface area contributed by atoms with Crippen LogP contribution in [0.1, 0.15) is 6.92 Å². The van der Waals surface area contributed by atoms with Gasteiger partial charge in [0.2, 0.25) is 0 Å². The largest absolute Gasteiger partial charge is 0.875 e. The van der Waals surface area contributed by atoms with Crippen LogP contribution >= 0.6 is 0 Å². The zero-order valence-corrected chi connectivity index (χ0v) is 12.5. The Morgan fingerprint density at radius 3 is 2.30 bits per heavy atom. The summed E-state index contributed by atoms with van der Waals surface area (Å²) in [4.78, 5) is 1.54. The van der Waals surface area contributed by atoms with Crippen molar-refractivity contribution in [2.75, 3.05) is 0 Å². The van der Waals surface area contributed by atoms with E-state index in [1.807, 2.05) is 66.9 Å². The first kappa shape index (κ1) is 13.5. The van der Waals surface area contributed by atoms with E-state index in [-0.39, 0.29) is 5.76 Å². The Kier molecular flexibility index (Phi) is 3.05. The molecule has 0 fully saturated rings.